The number of rotatable bonds is 12. The first-order chi connectivity index (χ1) is 21.0. The fraction of sp³-hybridized carbons (Fsp3) is 0.278. The first-order valence-corrected chi connectivity index (χ1v) is 15.6. The van der Waals surface area contributed by atoms with E-state index in [0.29, 0.717) is 23.8 Å². The SMILES string of the molecule is O=C(N[C@@H](Cc1ccc(-c2ccccc2Oc2ccccc2)cc1)C(=O)O)c1cc(Br)ccc1OCCC1CCCCC1. The normalized spacial score (nSPS) is 14.1. The summed E-state index contributed by atoms with van der Waals surface area (Å²) in [6.45, 7) is 0.529. The van der Waals surface area contributed by atoms with Crippen LogP contribution in [0.4, 0.5) is 0 Å². The summed E-state index contributed by atoms with van der Waals surface area (Å²) in [7, 11) is 0. The molecule has 0 heterocycles. The van der Waals surface area contributed by atoms with Gasteiger partial charge in [-0.15, -0.1) is 0 Å². The van der Waals surface area contributed by atoms with E-state index in [-0.39, 0.29) is 6.42 Å². The number of halogens is 1. The molecule has 222 valence electrons. The number of hydrogen-bond acceptors (Lipinski definition) is 4. The van der Waals surface area contributed by atoms with Crippen LogP contribution in [-0.2, 0) is 11.2 Å². The molecule has 0 saturated heterocycles. The quantitative estimate of drug-likeness (QED) is 0.162. The Morgan fingerprint density at radius 2 is 1.58 bits per heavy atom. The fourth-order valence-electron chi connectivity index (χ4n) is 5.52. The van der Waals surface area contributed by atoms with Gasteiger partial charge in [-0.05, 0) is 59.9 Å². The summed E-state index contributed by atoms with van der Waals surface area (Å²) in [6.07, 6.45) is 7.39. The number of carboxylic acids is 1. The van der Waals surface area contributed by atoms with Crippen molar-refractivity contribution in [3.05, 3.63) is 113 Å². The van der Waals surface area contributed by atoms with E-state index >= 15 is 0 Å². The monoisotopic (exact) mass is 641 g/mol. The maximum atomic E-state index is 13.3. The molecule has 7 heteroatoms. The lowest BCUT2D eigenvalue weighted by atomic mass is 9.87. The van der Waals surface area contributed by atoms with Crippen LogP contribution in [0.25, 0.3) is 11.1 Å². The maximum absolute atomic E-state index is 13.3. The van der Waals surface area contributed by atoms with Gasteiger partial charge in [0.05, 0.1) is 12.2 Å². The van der Waals surface area contributed by atoms with Gasteiger partial charge in [-0.25, -0.2) is 4.79 Å². The van der Waals surface area contributed by atoms with Gasteiger partial charge in [0.15, 0.2) is 0 Å². The molecule has 1 fully saturated rings. The number of benzene rings is 4. The number of para-hydroxylation sites is 2. The van der Waals surface area contributed by atoms with Gasteiger partial charge in [0.25, 0.3) is 5.91 Å². The van der Waals surface area contributed by atoms with Crippen LogP contribution in [-0.4, -0.2) is 29.6 Å². The van der Waals surface area contributed by atoms with E-state index in [1.807, 2.05) is 84.9 Å². The summed E-state index contributed by atoms with van der Waals surface area (Å²) in [4.78, 5) is 25.5. The highest BCUT2D eigenvalue weighted by molar-refractivity contribution is 9.10. The predicted octanol–water partition coefficient (Wildman–Crippen LogP) is 8.68. The number of nitrogens with one attached hydrogen (secondary N) is 1. The van der Waals surface area contributed by atoms with Crippen LogP contribution in [0.2, 0.25) is 0 Å². The standard InChI is InChI=1S/C36H36BrNO5/c37-28-19-20-33(42-22-21-25-9-3-1-4-10-25)31(24-28)35(39)38-32(36(40)41)23-26-15-17-27(18-16-26)30-13-7-8-14-34(30)43-29-11-5-2-6-12-29/h2,5-8,11-20,24-25,32H,1,3-4,9-10,21-23H2,(H,38,39)(H,40,41)/t32-/m0/s1. The van der Waals surface area contributed by atoms with Crippen LogP contribution in [0.3, 0.4) is 0 Å². The lowest BCUT2D eigenvalue weighted by molar-refractivity contribution is -0.139. The van der Waals surface area contributed by atoms with Crippen molar-refractivity contribution in [1.29, 1.82) is 0 Å². The Morgan fingerprint density at radius 3 is 2.33 bits per heavy atom. The molecule has 43 heavy (non-hydrogen) atoms. The molecule has 1 amide bonds. The Hall–Kier alpha value is -4.10. The second kappa shape index (κ2) is 14.9. The molecule has 0 unspecified atom stereocenters. The zero-order chi connectivity index (χ0) is 30.0. The molecule has 1 saturated carbocycles. The highest BCUT2D eigenvalue weighted by Crippen LogP contribution is 2.33. The first kappa shape index (κ1) is 30.4. The minimum Gasteiger partial charge on any atom is -0.493 e. The highest BCUT2D eigenvalue weighted by Gasteiger charge is 2.24. The van der Waals surface area contributed by atoms with Gasteiger partial charge in [-0.3, -0.25) is 4.79 Å². The summed E-state index contributed by atoms with van der Waals surface area (Å²) < 4.78 is 12.9. The molecule has 2 N–H and O–H groups in total. The fourth-order valence-corrected chi connectivity index (χ4v) is 5.88. The van der Waals surface area contributed by atoms with Crippen LogP contribution in [0.15, 0.2) is 102 Å². The topological polar surface area (TPSA) is 84.9 Å². The van der Waals surface area contributed by atoms with Gasteiger partial charge >= 0.3 is 5.97 Å². The average molecular weight is 643 g/mol. The Bertz CT molecular complexity index is 1520. The molecule has 1 atom stereocenters. The molecule has 0 aromatic heterocycles. The minimum absolute atomic E-state index is 0.134. The summed E-state index contributed by atoms with van der Waals surface area (Å²) in [5, 5.41) is 12.7. The van der Waals surface area contributed by atoms with Crippen molar-refractivity contribution in [3.8, 4) is 28.4 Å². The Morgan fingerprint density at radius 1 is 0.860 bits per heavy atom. The third kappa shape index (κ3) is 8.48. The van der Waals surface area contributed by atoms with E-state index in [0.717, 1.165) is 39.1 Å². The van der Waals surface area contributed by atoms with Crippen LogP contribution in [0, 0.1) is 5.92 Å². The summed E-state index contributed by atoms with van der Waals surface area (Å²) in [5.74, 6) is 1.01. The zero-order valence-corrected chi connectivity index (χ0v) is 25.6. The Kier molecular flexibility index (Phi) is 10.5. The average Bonchev–Trinajstić information content (AvgIpc) is 3.03. The molecule has 0 aliphatic heterocycles. The number of carboxylic acid groups (broad SMARTS) is 1. The van der Waals surface area contributed by atoms with Gasteiger partial charge in [0.1, 0.15) is 23.3 Å². The zero-order valence-electron chi connectivity index (χ0n) is 24.0. The van der Waals surface area contributed by atoms with Crippen molar-refractivity contribution < 1.29 is 24.2 Å². The number of carbonyl (C=O) groups is 2. The molecule has 5 rings (SSSR count). The van der Waals surface area contributed by atoms with E-state index in [4.69, 9.17) is 9.47 Å². The predicted molar refractivity (Wildman–Crippen MR) is 172 cm³/mol. The van der Waals surface area contributed by atoms with Gasteiger partial charge in [-0.2, -0.15) is 0 Å². The lowest BCUT2D eigenvalue weighted by Crippen LogP contribution is -2.42. The number of aliphatic carboxylic acids is 1. The minimum atomic E-state index is -1.11. The molecular formula is C36H36BrNO5. The second-order valence-corrected chi connectivity index (χ2v) is 11.9. The molecule has 6 nitrogen and oxygen atoms in total. The van der Waals surface area contributed by atoms with Gasteiger partial charge in [-0.1, -0.05) is 109 Å². The van der Waals surface area contributed by atoms with E-state index in [1.54, 1.807) is 12.1 Å². The number of amides is 1. The van der Waals surface area contributed by atoms with Crippen LogP contribution in [0.1, 0.15) is 54.4 Å². The van der Waals surface area contributed by atoms with E-state index in [2.05, 4.69) is 21.2 Å². The largest absolute Gasteiger partial charge is 0.493 e. The van der Waals surface area contributed by atoms with Crippen molar-refractivity contribution in [2.24, 2.45) is 5.92 Å². The third-order valence-electron chi connectivity index (χ3n) is 7.86. The van der Waals surface area contributed by atoms with Crippen LogP contribution in [0.5, 0.6) is 17.2 Å². The van der Waals surface area contributed by atoms with Gasteiger partial charge < -0.3 is 19.9 Å². The molecule has 4 aromatic carbocycles. The maximum Gasteiger partial charge on any atom is 0.326 e. The van der Waals surface area contributed by atoms with Gasteiger partial charge in [0.2, 0.25) is 0 Å². The molecule has 4 aromatic rings. The van der Waals surface area contributed by atoms with Crippen molar-refractivity contribution in [2.45, 2.75) is 51.0 Å². The van der Waals surface area contributed by atoms with Crippen LogP contribution < -0.4 is 14.8 Å². The molecule has 0 radical (unpaired) electrons. The summed E-state index contributed by atoms with van der Waals surface area (Å²) in [5.41, 5.74) is 2.97. The second-order valence-electron chi connectivity index (χ2n) is 11.0. The van der Waals surface area contributed by atoms with Crippen molar-refractivity contribution >= 4 is 27.8 Å². The smallest absolute Gasteiger partial charge is 0.326 e. The lowest BCUT2D eigenvalue weighted by Gasteiger charge is -2.22. The molecule has 1 aliphatic rings. The Balaban J connectivity index is 1.25. The Labute approximate surface area is 261 Å². The summed E-state index contributed by atoms with van der Waals surface area (Å²) >= 11 is 3.43. The van der Waals surface area contributed by atoms with Crippen LogP contribution >= 0.6 is 15.9 Å². The van der Waals surface area contributed by atoms with Crippen molar-refractivity contribution in [1.82, 2.24) is 5.32 Å². The molecule has 1 aliphatic carbocycles. The highest BCUT2D eigenvalue weighted by atomic mass is 79.9. The molecule has 0 spiro atoms. The van der Waals surface area contributed by atoms with Crippen molar-refractivity contribution in [3.63, 3.8) is 0 Å². The van der Waals surface area contributed by atoms with E-state index in [1.165, 1.54) is 32.1 Å². The third-order valence-corrected chi connectivity index (χ3v) is 8.35. The van der Waals surface area contributed by atoms with E-state index in [9.17, 15) is 14.7 Å². The molecule has 0 bridgehead atoms. The number of hydrogen-bond donors (Lipinski definition) is 2. The first-order valence-electron chi connectivity index (χ1n) is 14.8. The number of carbonyl (C=O) groups excluding carboxylic acids is 1. The van der Waals surface area contributed by atoms with Gasteiger partial charge in [0, 0.05) is 16.5 Å². The molecular weight excluding hydrogens is 606 g/mol. The number of ether oxygens (including phenoxy) is 2. The summed E-state index contributed by atoms with van der Waals surface area (Å²) in [6, 6.07) is 29.2. The van der Waals surface area contributed by atoms with E-state index < -0.39 is 17.9 Å². The van der Waals surface area contributed by atoms with Crippen molar-refractivity contribution in [2.75, 3.05) is 6.61 Å².